The predicted octanol–water partition coefficient (Wildman–Crippen LogP) is 5.50. The Hall–Kier alpha value is -3.48. The molecule has 0 atom stereocenters. The van der Waals surface area contributed by atoms with Crippen LogP contribution >= 0.6 is 0 Å². The Labute approximate surface area is 196 Å². The van der Waals surface area contributed by atoms with E-state index in [-0.39, 0.29) is 11.5 Å². The van der Waals surface area contributed by atoms with Crippen molar-refractivity contribution in [3.8, 4) is 11.5 Å². The van der Waals surface area contributed by atoms with E-state index in [1.165, 1.54) is 0 Å². The summed E-state index contributed by atoms with van der Waals surface area (Å²) in [6.45, 7) is 6.26. The minimum atomic E-state index is -0.934. The number of carbonyl (C=O) groups is 2. The maximum absolute atomic E-state index is 11.2. The first-order chi connectivity index (χ1) is 15.8. The van der Waals surface area contributed by atoms with Crippen LogP contribution in [0.15, 0.2) is 60.7 Å². The van der Waals surface area contributed by atoms with Gasteiger partial charge in [-0.2, -0.15) is 0 Å². The van der Waals surface area contributed by atoms with Crippen molar-refractivity contribution in [1.29, 1.82) is 0 Å². The molecule has 0 spiro atoms. The number of nitrogen functional groups attached to an aromatic ring is 1. The number of carboxylic acids is 1. The molecule has 0 heterocycles. The number of hydrogen-bond acceptors (Lipinski definition) is 6. The molecular weight excluding hydrogens is 422 g/mol. The number of nitrogens with two attached hydrogens (primary N) is 1. The number of carboxylic acid groups (broad SMARTS) is 1. The van der Waals surface area contributed by atoms with Gasteiger partial charge in [-0.3, -0.25) is 0 Å². The van der Waals surface area contributed by atoms with Crippen LogP contribution in [0.2, 0.25) is 0 Å². The van der Waals surface area contributed by atoms with Crippen molar-refractivity contribution in [3.63, 3.8) is 0 Å². The maximum Gasteiger partial charge on any atom is 0.335 e. The summed E-state index contributed by atoms with van der Waals surface area (Å²) in [7, 11) is 1.63. The van der Waals surface area contributed by atoms with Crippen molar-refractivity contribution in [3.05, 3.63) is 66.2 Å². The topological polar surface area (TPSA) is 108 Å². The molecule has 7 heteroatoms. The summed E-state index contributed by atoms with van der Waals surface area (Å²) in [5.41, 5.74) is 6.88. The Morgan fingerprint density at radius 1 is 0.848 bits per heavy atom. The highest BCUT2D eigenvalue weighted by Gasteiger charge is 2.03. The van der Waals surface area contributed by atoms with Gasteiger partial charge in [0.15, 0.2) is 0 Å². The third kappa shape index (κ3) is 12.8. The number of ether oxygens (including phenoxy) is 3. The third-order valence-corrected chi connectivity index (χ3v) is 4.61. The quantitative estimate of drug-likeness (QED) is 0.177. The second-order valence-electron chi connectivity index (χ2n) is 7.49. The van der Waals surface area contributed by atoms with Crippen molar-refractivity contribution in [1.82, 2.24) is 0 Å². The van der Waals surface area contributed by atoms with Gasteiger partial charge in [0.1, 0.15) is 11.5 Å². The van der Waals surface area contributed by atoms with Gasteiger partial charge >= 0.3 is 11.9 Å². The van der Waals surface area contributed by atoms with Crippen molar-refractivity contribution in [2.45, 2.75) is 45.4 Å². The number of esters is 1. The zero-order chi connectivity index (χ0) is 24.5. The number of aromatic carboxylic acids is 1. The molecule has 0 aliphatic rings. The number of carbonyl (C=O) groups excluding carboxylic acids is 1. The molecule has 2 aromatic carbocycles. The molecule has 0 amide bonds. The smallest absolute Gasteiger partial charge is 0.335 e. The number of anilines is 1. The highest BCUT2D eigenvalue weighted by Crippen LogP contribution is 2.14. The first-order valence-electron chi connectivity index (χ1n) is 11.0. The van der Waals surface area contributed by atoms with E-state index in [4.69, 9.17) is 25.1 Å². The lowest BCUT2D eigenvalue weighted by molar-refractivity contribution is -0.139. The zero-order valence-electron chi connectivity index (χ0n) is 19.5. The first kappa shape index (κ1) is 27.6. The van der Waals surface area contributed by atoms with Gasteiger partial charge in [-0.1, -0.05) is 32.3 Å². The molecule has 0 aliphatic heterocycles. The van der Waals surface area contributed by atoms with E-state index in [1.807, 2.05) is 12.1 Å². The largest absolute Gasteiger partial charge is 0.497 e. The Bertz CT molecular complexity index is 846. The van der Waals surface area contributed by atoms with Gasteiger partial charge in [0.25, 0.3) is 0 Å². The fourth-order valence-corrected chi connectivity index (χ4v) is 2.69. The molecule has 2 rings (SSSR count). The molecule has 0 bridgehead atoms. The molecule has 180 valence electrons. The summed E-state index contributed by atoms with van der Waals surface area (Å²) in [4.78, 5) is 21.9. The third-order valence-electron chi connectivity index (χ3n) is 4.61. The lowest BCUT2D eigenvalue weighted by Crippen LogP contribution is -2.06. The van der Waals surface area contributed by atoms with Crippen molar-refractivity contribution in [2.24, 2.45) is 0 Å². The highest BCUT2D eigenvalue weighted by molar-refractivity contribution is 5.87. The molecule has 3 N–H and O–H groups in total. The van der Waals surface area contributed by atoms with Crippen molar-refractivity contribution < 1.29 is 28.9 Å². The van der Waals surface area contributed by atoms with Crippen LogP contribution in [0.3, 0.4) is 0 Å². The molecule has 33 heavy (non-hydrogen) atoms. The van der Waals surface area contributed by atoms with Crippen LogP contribution in [0, 0.1) is 0 Å². The Kier molecular flexibility index (Phi) is 13.5. The minimum Gasteiger partial charge on any atom is -0.497 e. The van der Waals surface area contributed by atoms with E-state index >= 15 is 0 Å². The molecular formula is C26H35NO6. The van der Waals surface area contributed by atoms with Crippen molar-refractivity contribution in [2.75, 3.05) is 26.1 Å². The zero-order valence-corrected chi connectivity index (χ0v) is 19.5. The van der Waals surface area contributed by atoms with Crippen LogP contribution in [0.5, 0.6) is 11.5 Å². The summed E-state index contributed by atoms with van der Waals surface area (Å²) < 4.78 is 15.5. The van der Waals surface area contributed by atoms with Crippen LogP contribution in [0.25, 0.3) is 0 Å². The number of unbranched alkanes of at least 4 members (excludes halogenated alkanes) is 5. The molecule has 0 saturated heterocycles. The molecule has 0 fully saturated rings. The second-order valence-corrected chi connectivity index (χ2v) is 7.49. The van der Waals surface area contributed by atoms with E-state index in [0.717, 1.165) is 50.0 Å². The summed E-state index contributed by atoms with van der Waals surface area (Å²) in [6.07, 6.45) is 6.20. The standard InChI is InChI=1S/C19H26O5.C7H9NO/c1-15(2)19(22)24-14-8-6-4-3-5-7-13-23-17-11-9-16(10-12-17)18(20)21;1-9-7-4-2-6(8)3-5-7/h9-12H,1,3-8,13-14H2,2H3,(H,20,21);2-5H,8H2,1H3. The predicted molar refractivity (Wildman–Crippen MR) is 130 cm³/mol. The normalized spacial score (nSPS) is 9.88. The van der Waals surface area contributed by atoms with Crippen LogP contribution in [-0.2, 0) is 9.53 Å². The Morgan fingerprint density at radius 3 is 1.88 bits per heavy atom. The van der Waals surface area contributed by atoms with Crippen molar-refractivity contribution >= 4 is 17.6 Å². The van der Waals surface area contributed by atoms with E-state index in [1.54, 1.807) is 50.4 Å². The lowest BCUT2D eigenvalue weighted by Gasteiger charge is -2.07. The molecule has 0 aromatic heterocycles. The van der Waals surface area contributed by atoms with Crippen LogP contribution in [0.4, 0.5) is 5.69 Å². The molecule has 0 saturated carbocycles. The SMILES string of the molecule is C=C(C)C(=O)OCCCCCCCCOc1ccc(C(=O)O)cc1.COc1ccc(N)cc1. The average Bonchev–Trinajstić information content (AvgIpc) is 2.81. The highest BCUT2D eigenvalue weighted by atomic mass is 16.5. The molecule has 0 radical (unpaired) electrons. The second kappa shape index (κ2) is 16.2. The van der Waals surface area contributed by atoms with Gasteiger partial charge in [0.05, 0.1) is 25.9 Å². The molecule has 7 nitrogen and oxygen atoms in total. The van der Waals surface area contributed by atoms with E-state index in [0.29, 0.717) is 24.5 Å². The summed E-state index contributed by atoms with van der Waals surface area (Å²) in [6, 6.07) is 13.7. The van der Waals surface area contributed by atoms with Gasteiger partial charge in [0, 0.05) is 11.3 Å². The summed E-state index contributed by atoms with van der Waals surface area (Å²) >= 11 is 0. The number of benzene rings is 2. The summed E-state index contributed by atoms with van der Waals surface area (Å²) in [5, 5.41) is 8.81. The van der Waals surface area contributed by atoms with Gasteiger partial charge in [-0.05, 0) is 68.3 Å². The minimum absolute atomic E-state index is 0.260. The molecule has 0 aliphatic carbocycles. The van der Waals surface area contributed by atoms with Gasteiger partial charge in [-0.25, -0.2) is 9.59 Å². The maximum atomic E-state index is 11.2. The first-order valence-corrected chi connectivity index (χ1v) is 11.0. The van der Waals surface area contributed by atoms with Gasteiger partial charge in [-0.15, -0.1) is 0 Å². The Balaban J connectivity index is 0.000000502. The van der Waals surface area contributed by atoms with Crippen LogP contribution < -0.4 is 15.2 Å². The Morgan fingerprint density at radius 2 is 1.36 bits per heavy atom. The van der Waals surface area contributed by atoms with E-state index in [9.17, 15) is 9.59 Å². The number of rotatable bonds is 13. The van der Waals surface area contributed by atoms with Gasteiger partial charge < -0.3 is 25.1 Å². The summed E-state index contributed by atoms with van der Waals surface area (Å²) in [5.74, 6) is 0.281. The van der Waals surface area contributed by atoms with E-state index in [2.05, 4.69) is 6.58 Å². The molecule has 0 unspecified atom stereocenters. The fraction of sp³-hybridized carbons (Fsp3) is 0.385. The fourth-order valence-electron chi connectivity index (χ4n) is 2.69. The lowest BCUT2D eigenvalue weighted by atomic mass is 10.1. The monoisotopic (exact) mass is 457 g/mol. The molecule has 2 aromatic rings. The van der Waals surface area contributed by atoms with Gasteiger partial charge in [0.2, 0.25) is 0 Å². The average molecular weight is 458 g/mol. The van der Waals surface area contributed by atoms with Crippen LogP contribution in [-0.4, -0.2) is 37.4 Å². The van der Waals surface area contributed by atoms with E-state index < -0.39 is 5.97 Å². The van der Waals surface area contributed by atoms with Crippen LogP contribution in [0.1, 0.15) is 55.8 Å². The number of hydrogen-bond donors (Lipinski definition) is 2. The number of methoxy groups -OCH3 is 1.